The Labute approximate surface area is 116 Å². The van der Waals surface area contributed by atoms with Gasteiger partial charge in [-0.15, -0.1) is 0 Å². The molecule has 3 N–H and O–H groups in total. The number of aromatic amines is 1. The number of amidine groups is 1. The number of H-pyrrole nitrogens is 1. The van der Waals surface area contributed by atoms with Crippen LogP contribution in [0.5, 0.6) is 6.01 Å². The van der Waals surface area contributed by atoms with Crippen LogP contribution >= 0.6 is 0 Å². The van der Waals surface area contributed by atoms with Crippen molar-refractivity contribution < 1.29 is 9.53 Å². The number of nitrogens with zero attached hydrogens (tertiary/aromatic N) is 2. The Kier molecular flexibility index (Phi) is 4.14. The highest BCUT2D eigenvalue weighted by molar-refractivity contribution is 5.97. The van der Waals surface area contributed by atoms with Crippen molar-refractivity contribution in [2.75, 3.05) is 0 Å². The van der Waals surface area contributed by atoms with E-state index in [0.29, 0.717) is 12.4 Å². The van der Waals surface area contributed by atoms with Crippen LogP contribution in [0, 0.1) is 0 Å². The highest BCUT2D eigenvalue weighted by Gasteiger charge is 2.14. The number of hydrogen-bond donors (Lipinski definition) is 2. The molecular weight excluding hydrogens is 256 g/mol. The van der Waals surface area contributed by atoms with Gasteiger partial charge in [-0.25, -0.2) is 4.99 Å². The maximum atomic E-state index is 11.5. The fraction of sp³-hybridized carbons (Fsp3) is 0.214. The van der Waals surface area contributed by atoms with E-state index in [1.165, 1.54) is 6.92 Å². The van der Waals surface area contributed by atoms with Crippen LogP contribution in [0.4, 0.5) is 5.82 Å². The van der Waals surface area contributed by atoms with Gasteiger partial charge >= 0.3 is 0 Å². The molecule has 0 radical (unpaired) electrons. The maximum Gasteiger partial charge on any atom is 0.296 e. The number of nitrogens with two attached hydrogens (primary N) is 1. The quantitative estimate of drug-likeness (QED) is 0.495. The highest BCUT2D eigenvalue weighted by atomic mass is 16.5. The Morgan fingerprint density at radius 1 is 1.35 bits per heavy atom. The predicted molar refractivity (Wildman–Crippen MR) is 76.3 cm³/mol. The zero-order valence-electron chi connectivity index (χ0n) is 11.4. The van der Waals surface area contributed by atoms with Gasteiger partial charge in [-0.2, -0.15) is 4.98 Å². The molecule has 2 aromatic rings. The smallest absolute Gasteiger partial charge is 0.296 e. The first-order valence-corrected chi connectivity index (χ1v) is 6.14. The van der Waals surface area contributed by atoms with Crippen molar-refractivity contribution in [2.45, 2.75) is 20.5 Å². The number of aliphatic imine (C=N–C) groups is 1. The Balaban J connectivity index is 2.17. The number of aromatic nitrogens is 2. The average molecular weight is 272 g/mol. The lowest BCUT2D eigenvalue weighted by Gasteiger charge is -2.01. The Morgan fingerprint density at radius 3 is 2.65 bits per heavy atom. The van der Waals surface area contributed by atoms with E-state index in [4.69, 9.17) is 10.5 Å². The molecule has 1 aromatic carbocycles. The van der Waals surface area contributed by atoms with Gasteiger partial charge in [0.05, 0.1) is 5.84 Å². The minimum Gasteiger partial charge on any atom is -0.460 e. The van der Waals surface area contributed by atoms with Crippen molar-refractivity contribution >= 4 is 17.4 Å². The highest BCUT2D eigenvalue weighted by Crippen LogP contribution is 2.21. The van der Waals surface area contributed by atoms with E-state index in [9.17, 15) is 4.79 Å². The van der Waals surface area contributed by atoms with Crippen LogP contribution in [0.3, 0.4) is 0 Å². The number of imidazole rings is 1. The third-order valence-electron chi connectivity index (χ3n) is 2.52. The number of rotatable bonds is 5. The van der Waals surface area contributed by atoms with E-state index >= 15 is 0 Å². The standard InChI is InChI=1S/C14H16N4O2/c1-9(19)12-13(16-10(2)15)18-14(17-12)20-8-11-6-4-3-5-7-11/h3-7H,8H2,1-2H3,(H2,15,16)(H,17,18). The summed E-state index contributed by atoms with van der Waals surface area (Å²) >= 11 is 0. The fourth-order valence-corrected chi connectivity index (χ4v) is 1.63. The van der Waals surface area contributed by atoms with E-state index in [2.05, 4.69) is 15.0 Å². The summed E-state index contributed by atoms with van der Waals surface area (Å²) in [6.07, 6.45) is 0. The van der Waals surface area contributed by atoms with Gasteiger partial charge in [0.1, 0.15) is 12.3 Å². The molecule has 0 unspecified atom stereocenters. The molecular formula is C14H16N4O2. The fourth-order valence-electron chi connectivity index (χ4n) is 1.63. The van der Waals surface area contributed by atoms with Gasteiger partial charge in [-0.1, -0.05) is 30.3 Å². The van der Waals surface area contributed by atoms with Gasteiger partial charge in [-0.3, -0.25) is 4.79 Å². The van der Waals surface area contributed by atoms with Crippen molar-refractivity contribution in [3.8, 4) is 6.01 Å². The first kappa shape index (κ1) is 13.8. The molecule has 0 aliphatic rings. The summed E-state index contributed by atoms with van der Waals surface area (Å²) in [4.78, 5) is 22.4. The summed E-state index contributed by atoms with van der Waals surface area (Å²) < 4.78 is 5.52. The van der Waals surface area contributed by atoms with Crippen LogP contribution in [0.25, 0.3) is 0 Å². The minimum atomic E-state index is -0.174. The second kappa shape index (κ2) is 6.01. The molecule has 0 saturated heterocycles. The second-order valence-electron chi connectivity index (χ2n) is 4.32. The van der Waals surface area contributed by atoms with E-state index in [1.54, 1.807) is 6.92 Å². The van der Waals surface area contributed by atoms with Crippen molar-refractivity contribution in [2.24, 2.45) is 10.7 Å². The third-order valence-corrected chi connectivity index (χ3v) is 2.52. The number of Topliss-reactive ketones (excluding diaryl/α,β-unsaturated/α-hetero) is 1. The summed E-state index contributed by atoms with van der Waals surface area (Å²) in [6.45, 7) is 3.42. The lowest BCUT2D eigenvalue weighted by atomic mass is 10.2. The molecule has 6 nitrogen and oxygen atoms in total. The van der Waals surface area contributed by atoms with Gasteiger partial charge in [-0.05, 0) is 12.5 Å². The van der Waals surface area contributed by atoms with Gasteiger partial charge in [0.15, 0.2) is 11.6 Å². The number of nitrogens with one attached hydrogen (secondary N) is 1. The lowest BCUT2D eigenvalue weighted by Crippen LogP contribution is -2.04. The van der Waals surface area contributed by atoms with Gasteiger partial charge < -0.3 is 15.5 Å². The van der Waals surface area contributed by atoms with Gasteiger partial charge in [0.2, 0.25) is 0 Å². The summed E-state index contributed by atoms with van der Waals surface area (Å²) in [7, 11) is 0. The van der Waals surface area contributed by atoms with Crippen LogP contribution in [0.1, 0.15) is 29.9 Å². The summed E-state index contributed by atoms with van der Waals surface area (Å²) in [5, 5.41) is 0. The van der Waals surface area contributed by atoms with Crippen LogP contribution in [0.2, 0.25) is 0 Å². The van der Waals surface area contributed by atoms with E-state index in [-0.39, 0.29) is 23.3 Å². The molecule has 0 spiro atoms. The third kappa shape index (κ3) is 3.44. The van der Waals surface area contributed by atoms with Crippen LogP contribution in [-0.4, -0.2) is 21.6 Å². The molecule has 20 heavy (non-hydrogen) atoms. The Bertz CT molecular complexity index is 628. The molecule has 1 heterocycles. The molecule has 0 aliphatic heterocycles. The van der Waals surface area contributed by atoms with Gasteiger partial charge in [0, 0.05) is 6.92 Å². The van der Waals surface area contributed by atoms with Crippen LogP contribution in [0.15, 0.2) is 35.3 Å². The lowest BCUT2D eigenvalue weighted by molar-refractivity contribution is 0.101. The van der Waals surface area contributed by atoms with Crippen LogP contribution < -0.4 is 10.5 Å². The Morgan fingerprint density at radius 2 is 2.05 bits per heavy atom. The molecule has 2 rings (SSSR count). The number of carbonyl (C=O) groups excluding carboxylic acids is 1. The number of hydrogen-bond acceptors (Lipinski definition) is 4. The SMILES string of the molecule is CC(=O)c1[nH]c(OCc2ccccc2)nc1N=C(C)N. The molecule has 104 valence electrons. The zero-order chi connectivity index (χ0) is 14.5. The summed E-state index contributed by atoms with van der Waals surface area (Å²) in [5.74, 6) is 0.404. The molecule has 0 amide bonds. The molecule has 0 bridgehead atoms. The number of ketones is 1. The second-order valence-corrected chi connectivity index (χ2v) is 4.32. The molecule has 0 fully saturated rings. The first-order chi connectivity index (χ1) is 9.56. The largest absolute Gasteiger partial charge is 0.460 e. The first-order valence-electron chi connectivity index (χ1n) is 6.14. The van der Waals surface area contributed by atoms with Gasteiger partial charge in [0.25, 0.3) is 6.01 Å². The average Bonchev–Trinajstić information content (AvgIpc) is 2.80. The van der Waals surface area contributed by atoms with Crippen molar-refractivity contribution in [1.82, 2.24) is 9.97 Å². The molecule has 6 heteroatoms. The molecule has 1 aromatic heterocycles. The summed E-state index contributed by atoms with van der Waals surface area (Å²) in [5.41, 5.74) is 6.81. The number of benzene rings is 1. The molecule has 0 atom stereocenters. The Hall–Kier alpha value is -2.63. The predicted octanol–water partition coefficient (Wildman–Crippen LogP) is 2.20. The normalized spacial score (nSPS) is 11.4. The number of ether oxygens (including phenoxy) is 1. The van der Waals surface area contributed by atoms with E-state index < -0.39 is 0 Å². The van der Waals surface area contributed by atoms with Crippen molar-refractivity contribution in [1.29, 1.82) is 0 Å². The maximum absolute atomic E-state index is 11.5. The topological polar surface area (TPSA) is 93.4 Å². The van der Waals surface area contributed by atoms with E-state index in [0.717, 1.165) is 5.56 Å². The molecule has 0 saturated carbocycles. The zero-order valence-corrected chi connectivity index (χ0v) is 11.4. The van der Waals surface area contributed by atoms with Crippen molar-refractivity contribution in [3.05, 3.63) is 41.6 Å². The molecule has 0 aliphatic carbocycles. The monoisotopic (exact) mass is 272 g/mol. The number of carbonyl (C=O) groups is 1. The van der Waals surface area contributed by atoms with Crippen LogP contribution in [-0.2, 0) is 6.61 Å². The van der Waals surface area contributed by atoms with Crippen molar-refractivity contribution in [3.63, 3.8) is 0 Å². The van der Waals surface area contributed by atoms with E-state index in [1.807, 2.05) is 30.3 Å². The summed E-state index contributed by atoms with van der Waals surface area (Å²) in [6, 6.07) is 9.92. The minimum absolute atomic E-state index is 0.174.